The van der Waals surface area contributed by atoms with Crippen LogP contribution in [0.3, 0.4) is 0 Å². The van der Waals surface area contributed by atoms with Crippen LogP contribution in [0.1, 0.15) is 49.1 Å². The molecule has 0 aliphatic heterocycles. The summed E-state index contributed by atoms with van der Waals surface area (Å²) in [7, 11) is 0. The van der Waals surface area contributed by atoms with E-state index < -0.39 is 17.9 Å². The number of fused-ring (bicyclic) bond motifs is 2. The van der Waals surface area contributed by atoms with Crippen molar-refractivity contribution in [3.8, 4) is 5.75 Å². The van der Waals surface area contributed by atoms with Gasteiger partial charge in [0, 0.05) is 18.2 Å². The van der Waals surface area contributed by atoms with Gasteiger partial charge in [-0.05, 0) is 54.2 Å². The van der Waals surface area contributed by atoms with E-state index in [4.69, 9.17) is 4.74 Å². The molecule has 2 aromatic carbocycles. The molecule has 0 saturated carbocycles. The molecule has 1 aromatic heterocycles. The van der Waals surface area contributed by atoms with E-state index >= 15 is 0 Å². The van der Waals surface area contributed by atoms with Crippen molar-refractivity contribution >= 4 is 10.9 Å². The Hall–Kier alpha value is -2.53. The molecule has 1 N–H and O–H groups in total. The van der Waals surface area contributed by atoms with Gasteiger partial charge >= 0.3 is 0 Å². The minimum Gasteiger partial charge on any atom is -0.487 e. The zero-order valence-electron chi connectivity index (χ0n) is 16.4. The average Bonchev–Trinajstić information content (AvgIpc) is 2.74. The molecule has 0 radical (unpaired) electrons. The summed E-state index contributed by atoms with van der Waals surface area (Å²) in [6.45, 7) is 1.78. The second kappa shape index (κ2) is 8.07. The number of rotatable bonds is 6. The zero-order valence-corrected chi connectivity index (χ0v) is 16.4. The molecule has 1 heterocycles. The van der Waals surface area contributed by atoms with Crippen molar-refractivity contribution < 1.29 is 18.6 Å². The number of halogens is 2. The Balaban J connectivity index is 1.48. The van der Waals surface area contributed by atoms with Crippen molar-refractivity contribution in [3.05, 3.63) is 71.4 Å². The molecule has 0 fully saturated rings. The van der Waals surface area contributed by atoms with Crippen LogP contribution in [0.2, 0.25) is 0 Å². The molecule has 2 atom stereocenters. The van der Waals surface area contributed by atoms with Gasteiger partial charge in [0.15, 0.2) is 0 Å². The van der Waals surface area contributed by atoms with Gasteiger partial charge in [-0.3, -0.25) is 0 Å². The van der Waals surface area contributed by atoms with Gasteiger partial charge in [0.25, 0.3) is 0 Å². The van der Waals surface area contributed by atoms with E-state index in [0.717, 1.165) is 22.2 Å². The van der Waals surface area contributed by atoms with Crippen LogP contribution >= 0.6 is 0 Å². The lowest BCUT2D eigenvalue weighted by atomic mass is 9.78. The average molecular weight is 397 g/mol. The number of hydrogen-bond acceptors (Lipinski definition) is 3. The van der Waals surface area contributed by atoms with Crippen molar-refractivity contribution in [1.82, 2.24) is 4.98 Å². The quantitative estimate of drug-likeness (QED) is 0.568. The minimum absolute atomic E-state index is 0.203. The molecule has 0 bridgehead atoms. The summed E-state index contributed by atoms with van der Waals surface area (Å²) >= 11 is 0. The standard InChI is InChI=1S/C24H25F2NO2/c1-2-24(25,26)14-18-8-7-16-10-12-20(13-21(16)23(18)28)29-15-19-11-9-17-5-3-4-6-22(17)27-19/h3-6,9-13,18,23,28H,2,7-8,14-15H2,1H3. The number of aliphatic hydroxyl groups excluding tert-OH is 1. The van der Waals surface area contributed by atoms with Gasteiger partial charge in [-0.2, -0.15) is 0 Å². The van der Waals surface area contributed by atoms with Crippen molar-refractivity contribution in [3.63, 3.8) is 0 Å². The lowest BCUT2D eigenvalue weighted by molar-refractivity contribution is -0.0514. The van der Waals surface area contributed by atoms with E-state index in [1.807, 2.05) is 48.5 Å². The maximum atomic E-state index is 13.8. The van der Waals surface area contributed by atoms with Gasteiger partial charge in [-0.15, -0.1) is 0 Å². The van der Waals surface area contributed by atoms with Gasteiger partial charge in [0.05, 0.1) is 17.3 Å². The predicted molar refractivity (Wildman–Crippen MR) is 109 cm³/mol. The molecule has 1 aliphatic carbocycles. The van der Waals surface area contributed by atoms with Crippen LogP contribution in [0, 0.1) is 5.92 Å². The molecule has 29 heavy (non-hydrogen) atoms. The topological polar surface area (TPSA) is 42.4 Å². The van der Waals surface area contributed by atoms with Crippen LogP contribution < -0.4 is 4.74 Å². The highest BCUT2D eigenvalue weighted by Crippen LogP contribution is 2.42. The van der Waals surface area contributed by atoms with Crippen LogP contribution in [-0.4, -0.2) is 16.0 Å². The number of aromatic nitrogens is 1. The smallest absolute Gasteiger partial charge is 0.248 e. The number of para-hydroxylation sites is 1. The van der Waals surface area contributed by atoms with Crippen LogP contribution in [0.4, 0.5) is 8.78 Å². The van der Waals surface area contributed by atoms with E-state index in [1.54, 1.807) is 6.07 Å². The molecule has 5 heteroatoms. The fraction of sp³-hybridized carbons (Fsp3) is 0.375. The van der Waals surface area contributed by atoms with Crippen molar-refractivity contribution in [2.45, 2.75) is 51.2 Å². The lowest BCUT2D eigenvalue weighted by Crippen LogP contribution is -2.27. The Bertz CT molecular complexity index is 1010. The van der Waals surface area contributed by atoms with Crippen LogP contribution in [0.5, 0.6) is 5.75 Å². The van der Waals surface area contributed by atoms with E-state index in [1.165, 1.54) is 6.92 Å². The Morgan fingerprint density at radius 2 is 1.97 bits per heavy atom. The van der Waals surface area contributed by atoms with E-state index in [9.17, 15) is 13.9 Å². The van der Waals surface area contributed by atoms with Gasteiger partial charge in [0.2, 0.25) is 5.92 Å². The second-order valence-electron chi connectivity index (χ2n) is 7.80. The first-order valence-corrected chi connectivity index (χ1v) is 10.1. The number of aryl methyl sites for hydroxylation is 1. The number of pyridine rings is 1. The normalized spacial score (nSPS) is 19.2. The SMILES string of the molecule is CCC(F)(F)CC1CCc2ccc(OCc3ccc4ccccc4n3)cc2C1O. The number of hydrogen-bond donors (Lipinski definition) is 1. The molecule has 0 amide bonds. The van der Waals surface area contributed by atoms with E-state index in [-0.39, 0.29) is 12.8 Å². The second-order valence-corrected chi connectivity index (χ2v) is 7.80. The summed E-state index contributed by atoms with van der Waals surface area (Å²) in [5.41, 5.74) is 3.43. The summed E-state index contributed by atoms with van der Waals surface area (Å²) in [6.07, 6.45) is -0.103. The third kappa shape index (κ3) is 4.40. The van der Waals surface area contributed by atoms with Gasteiger partial charge in [-0.25, -0.2) is 13.8 Å². The highest BCUT2D eigenvalue weighted by atomic mass is 19.3. The van der Waals surface area contributed by atoms with Crippen molar-refractivity contribution in [1.29, 1.82) is 0 Å². The number of ether oxygens (including phenoxy) is 1. The van der Waals surface area contributed by atoms with E-state index in [0.29, 0.717) is 30.8 Å². The fourth-order valence-electron chi connectivity index (χ4n) is 4.01. The first-order valence-electron chi connectivity index (χ1n) is 10.1. The zero-order chi connectivity index (χ0) is 20.4. The molecule has 1 aliphatic rings. The number of alkyl halides is 2. The minimum atomic E-state index is -2.74. The molecule has 3 nitrogen and oxygen atoms in total. The molecular formula is C24H25F2NO2. The van der Waals surface area contributed by atoms with E-state index in [2.05, 4.69) is 4.98 Å². The monoisotopic (exact) mass is 397 g/mol. The van der Waals surface area contributed by atoms with Gasteiger partial charge in [0.1, 0.15) is 12.4 Å². The third-order valence-corrected chi connectivity index (χ3v) is 5.79. The summed E-state index contributed by atoms with van der Waals surface area (Å²) < 4.78 is 33.6. The Morgan fingerprint density at radius 3 is 2.79 bits per heavy atom. The Kier molecular flexibility index (Phi) is 5.50. The highest BCUT2D eigenvalue weighted by molar-refractivity contribution is 5.78. The number of nitrogens with zero attached hydrogens (tertiary/aromatic N) is 1. The summed E-state index contributed by atoms with van der Waals surface area (Å²) in [6, 6.07) is 17.4. The molecule has 152 valence electrons. The van der Waals surface area contributed by atoms with Crippen LogP contribution in [0.15, 0.2) is 54.6 Å². The van der Waals surface area contributed by atoms with Crippen molar-refractivity contribution in [2.24, 2.45) is 5.92 Å². The van der Waals surface area contributed by atoms with Crippen LogP contribution in [0.25, 0.3) is 10.9 Å². The first-order chi connectivity index (χ1) is 13.9. The fourth-order valence-corrected chi connectivity index (χ4v) is 4.01. The maximum absolute atomic E-state index is 13.8. The Morgan fingerprint density at radius 1 is 1.14 bits per heavy atom. The van der Waals surface area contributed by atoms with Crippen molar-refractivity contribution in [2.75, 3.05) is 0 Å². The van der Waals surface area contributed by atoms with Gasteiger partial charge in [-0.1, -0.05) is 37.3 Å². The molecule has 4 rings (SSSR count). The lowest BCUT2D eigenvalue weighted by Gasteiger charge is -2.32. The third-order valence-electron chi connectivity index (χ3n) is 5.79. The highest BCUT2D eigenvalue weighted by Gasteiger charge is 2.37. The summed E-state index contributed by atoms with van der Waals surface area (Å²) in [4.78, 5) is 4.60. The van der Waals surface area contributed by atoms with Crippen LogP contribution in [-0.2, 0) is 13.0 Å². The molecule has 0 saturated heterocycles. The Labute approximate surface area is 169 Å². The molecular weight excluding hydrogens is 372 g/mol. The maximum Gasteiger partial charge on any atom is 0.248 e. The summed E-state index contributed by atoms with van der Waals surface area (Å²) in [5.74, 6) is -2.56. The number of aliphatic hydroxyl groups is 1. The molecule has 3 aromatic rings. The van der Waals surface area contributed by atoms with Gasteiger partial charge < -0.3 is 9.84 Å². The number of benzene rings is 2. The summed E-state index contributed by atoms with van der Waals surface area (Å²) in [5, 5.41) is 11.8. The molecule has 0 spiro atoms. The largest absolute Gasteiger partial charge is 0.487 e. The molecule has 2 unspecified atom stereocenters. The predicted octanol–water partition coefficient (Wildman–Crippen LogP) is 5.85. The first kappa shape index (κ1) is 19.8.